The topological polar surface area (TPSA) is 188 Å². The van der Waals surface area contributed by atoms with Crippen molar-refractivity contribution in [3.8, 4) is 0 Å². The van der Waals surface area contributed by atoms with Gasteiger partial charge in [-0.05, 0) is 12.8 Å². The second kappa shape index (κ2) is 12.0. The Hall–Kier alpha value is -1.60. The molecule has 0 saturated carbocycles. The van der Waals surface area contributed by atoms with Crippen molar-refractivity contribution in [2.24, 2.45) is 22.4 Å². The van der Waals surface area contributed by atoms with E-state index in [-0.39, 0.29) is 25.5 Å². The summed E-state index contributed by atoms with van der Waals surface area (Å²) in [6, 6.07) is -2.03. The number of aliphatic hydroxyl groups excluding tert-OH is 1. The number of amides is 1. The van der Waals surface area contributed by atoms with E-state index in [0.717, 1.165) is 0 Å². The van der Waals surface area contributed by atoms with Gasteiger partial charge in [0.15, 0.2) is 6.04 Å². The van der Waals surface area contributed by atoms with Gasteiger partial charge in [0.05, 0.1) is 37.8 Å². The van der Waals surface area contributed by atoms with Crippen molar-refractivity contribution < 1.29 is 37.8 Å². The number of nitrogens with zero attached hydrogens (tertiary/aromatic N) is 2. The van der Waals surface area contributed by atoms with Gasteiger partial charge in [-0.25, -0.2) is 9.79 Å². The van der Waals surface area contributed by atoms with E-state index < -0.39 is 50.6 Å². The predicted molar refractivity (Wildman–Crippen MR) is 114 cm³/mol. The largest absolute Gasteiger partial charge is 0.464 e. The molecule has 2 aliphatic rings. The number of aliphatic imine (C=N–C) groups is 1. The highest BCUT2D eigenvalue weighted by Gasteiger charge is 2.37. The normalized spacial score (nSPS) is 28.6. The van der Waals surface area contributed by atoms with Crippen LogP contribution in [0.2, 0.25) is 0 Å². The summed E-state index contributed by atoms with van der Waals surface area (Å²) in [6.07, 6.45) is -1.35. The molecule has 14 heteroatoms. The van der Waals surface area contributed by atoms with Crippen molar-refractivity contribution in [1.29, 1.82) is 0 Å². The van der Waals surface area contributed by atoms with Crippen LogP contribution in [0.15, 0.2) is 4.99 Å². The molecule has 32 heavy (non-hydrogen) atoms. The van der Waals surface area contributed by atoms with E-state index >= 15 is 0 Å². The van der Waals surface area contributed by atoms with Crippen LogP contribution in [0.3, 0.4) is 0 Å². The van der Waals surface area contributed by atoms with Gasteiger partial charge in [0.25, 0.3) is 0 Å². The molecule has 1 fully saturated rings. The first-order valence-corrected chi connectivity index (χ1v) is 12.2. The molecule has 0 spiro atoms. The van der Waals surface area contributed by atoms with Crippen LogP contribution in [0, 0.1) is 5.92 Å². The number of carbonyl (C=O) groups is 2. The van der Waals surface area contributed by atoms with E-state index in [2.05, 4.69) is 10.3 Å². The molecule has 5 atom stereocenters. The zero-order chi connectivity index (χ0) is 23.9. The Morgan fingerprint density at radius 1 is 1.44 bits per heavy atom. The van der Waals surface area contributed by atoms with Crippen LogP contribution in [-0.2, 0) is 32.7 Å². The lowest BCUT2D eigenvalue weighted by Gasteiger charge is -2.35. The fourth-order valence-corrected chi connectivity index (χ4v) is 4.33. The molecule has 0 radical (unpaired) electrons. The van der Waals surface area contributed by atoms with Gasteiger partial charge in [0, 0.05) is 19.5 Å². The number of carbonyl (C=O) groups excluding carboxylic acids is 2. The molecule has 0 bridgehead atoms. The van der Waals surface area contributed by atoms with Gasteiger partial charge in [-0.2, -0.15) is 0 Å². The third kappa shape index (κ3) is 7.77. The maximum Gasteiger partial charge on any atom is 0.356 e. The maximum atomic E-state index is 12.8. The van der Waals surface area contributed by atoms with Crippen LogP contribution in [0.25, 0.3) is 0 Å². The van der Waals surface area contributed by atoms with E-state index in [0.29, 0.717) is 25.3 Å². The summed E-state index contributed by atoms with van der Waals surface area (Å²) in [7, 11) is -3.67. The van der Waals surface area contributed by atoms with Crippen LogP contribution in [0.4, 0.5) is 0 Å². The summed E-state index contributed by atoms with van der Waals surface area (Å²) >= 11 is 0. The van der Waals surface area contributed by atoms with Crippen molar-refractivity contribution in [3.05, 3.63) is 0 Å². The first kappa shape index (κ1) is 26.7. The number of ether oxygens (including phenoxy) is 2. The Labute approximate surface area is 187 Å². The molecule has 4 unspecified atom stereocenters. The predicted octanol–water partition coefficient (Wildman–Crippen LogP) is -1.06. The van der Waals surface area contributed by atoms with Gasteiger partial charge in [0.2, 0.25) is 12.3 Å². The minimum absolute atomic E-state index is 0.0473. The highest BCUT2D eigenvalue weighted by atomic mass is 31.2. The monoisotopic (exact) mass is 479 g/mol. The summed E-state index contributed by atoms with van der Waals surface area (Å²) in [5.74, 6) is -1.06. The summed E-state index contributed by atoms with van der Waals surface area (Å²) in [4.78, 5) is 30.0. The van der Waals surface area contributed by atoms with Crippen LogP contribution < -0.4 is 16.8 Å². The Bertz CT molecular complexity index is 724. The molecule has 1 amide bonds. The fraction of sp³-hybridized carbons (Fsp3) is 0.833. The van der Waals surface area contributed by atoms with Crippen LogP contribution in [0.1, 0.15) is 27.2 Å². The van der Waals surface area contributed by atoms with E-state index in [4.69, 9.17) is 30.0 Å². The number of aliphatic hydroxyl groups is 1. The standard InChI is InChI=1S/C18H34N5O8P/c1-4-28-17(25)13(21-16(24)15(20)11(2)3)9-31-32(27)10-29-12(8-30-32)7-23-6-5-14(19)22-18(23)26/h11-13,15,18,26H,4-10,20H2,1-3H3,(H2,19,22)(H,21,24)/t12-,13?,15?,18?,32?/m0/s1. The molecule has 0 aliphatic carbocycles. The average Bonchev–Trinajstić information content (AvgIpc) is 2.74. The third-order valence-electron chi connectivity index (χ3n) is 4.97. The molecule has 13 nitrogen and oxygen atoms in total. The number of nitrogens with two attached hydrogens (primary N) is 2. The average molecular weight is 479 g/mol. The van der Waals surface area contributed by atoms with Gasteiger partial charge >= 0.3 is 13.6 Å². The maximum absolute atomic E-state index is 12.8. The lowest BCUT2D eigenvalue weighted by atomic mass is 10.0. The molecule has 2 aliphatic heterocycles. The second-order valence-corrected chi connectivity index (χ2v) is 9.91. The van der Waals surface area contributed by atoms with Gasteiger partial charge < -0.3 is 40.4 Å². The highest BCUT2D eigenvalue weighted by molar-refractivity contribution is 7.53. The van der Waals surface area contributed by atoms with E-state index in [9.17, 15) is 19.3 Å². The van der Waals surface area contributed by atoms with Crippen LogP contribution in [0.5, 0.6) is 0 Å². The molecule has 2 rings (SSSR count). The summed E-state index contributed by atoms with van der Waals surface area (Å²) in [6.45, 7) is 5.58. The number of rotatable bonds is 10. The van der Waals surface area contributed by atoms with Gasteiger partial charge in [-0.1, -0.05) is 13.8 Å². The first-order valence-electron chi connectivity index (χ1n) is 10.5. The number of amidine groups is 1. The third-order valence-corrected chi connectivity index (χ3v) is 6.52. The molecular formula is C18H34N5O8P. The van der Waals surface area contributed by atoms with Crippen molar-refractivity contribution in [1.82, 2.24) is 10.2 Å². The van der Waals surface area contributed by atoms with Crippen molar-refractivity contribution in [3.63, 3.8) is 0 Å². The minimum Gasteiger partial charge on any atom is -0.464 e. The smallest absolute Gasteiger partial charge is 0.356 e. The van der Waals surface area contributed by atoms with Crippen molar-refractivity contribution in [2.75, 3.05) is 39.3 Å². The van der Waals surface area contributed by atoms with Crippen LogP contribution >= 0.6 is 7.60 Å². The fourth-order valence-electron chi connectivity index (χ4n) is 2.94. The summed E-state index contributed by atoms with van der Waals surface area (Å²) < 4.78 is 34.1. The van der Waals surface area contributed by atoms with Gasteiger partial charge in [-0.15, -0.1) is 0 Å². The van der Waals surface area contributed by atoms with Gasteiger partial charge in [0.1, 0.15) is 6.35 Å². The first-order chi connectivity index (χ1) is 15.0. The number of hydrogen-bond donors (Lipinski definition) is 4. The second-order valence-electron chi connectivity index (χ2n) is 7.92. The lowest BCUT2D eigenvalue weighted by Crippen LogP contribution is -2.52. The Balaban J connectivity index is 1.88. The summed E-state index contributed by atoms with van der Waals surface area (Å²) in [5, 5.41) is 12.4. The Morgan fingerprint density at radius 2 is 2.16 bits per heavy atom. The molecule has 184 valence electrons. The Kier molecular flexibility index (Phi) is 10.0. The van der Waals surface area contributed by atoms with Crippen LogP contribution in [-0.4, -0.2) is 91.5 Å². The van der Waals surface area contributed by atoms with E-state index in [1.54, 1.807) is 25.7 Å². The minimum atomic E-state index is -3.67. The zero-order valence-corrected chi connectivity index (χ0v) is 19.5. The van der Waals surface area contributed by atoms with Gasteiger partial charge in [-0.3, -0.25) is 14.3 Å². The molecular weight excluding hydrogens is 445 g/mol. The lowest BCUT2D eigenvalue weighted by molar-refractivity contribution is -0.148. The molecule has 1 saturated heterocycles. The van der Waals surface area contributed by atoms with Crippen molar-refractivity contribution in [2.45, 2.75) is 51.7 Å². The molecule has 0 aromatic carbocycles. The molecule has 6 N–H and O–H groups in total. The Morgan fingerprint density at radius 3 is 2.72 bits per heavy atom. The zero-order valence-electron chi connectivity index (χ0n) is 18.6. The van der Waals surface area contributed by atoms with E-state index in [1.165, 1.54) is 0 Å². The quantitative estimate of drug-likeness (QED) is 0.221. The molecule has 2 heterocycles. The highest BCUT2D eigenvalue weighted by Crippen LogP contribution is 2.51. The SMILES string of the molecule is CCOC(=O)C(COP1(=O)CO[C@@H](CN2CCC(N)=NC2O)CO1)NC(=O)C(N)C(C)C. The number of nitrogens with one attached hydrogen (secondary N) is 1. The van der Waals surface area contributed by atoms with E-state index in [1.807, 2.05) is 0 Å². The summed E-state index contributed by atoms with van der Waals surface area (Å²) in [5.41, 5.74) is 11.4. The number of hydrogen-bond acceptors (Lipinski definition) is 12. The van der Waals surface area contributed by atoms with Crippen molar-refractivity contribution >= 4 is 25.3 Å². The molecule has 0 aromatic rings. The number of esters is 1. The molecule has 0 aromatic heterocycles.